The Bertz CT molecular complexity index is 1190. The molecular weight excluding hydrogens is 622 g/mol. The second-order valence-corrected chi connectivity index (χ2v) is 11.5. The second kappa shape index (κ2) is 23.1. The molecule has 14 N–H and O–H groups in total. The molecular formula is C31H53N11O4S. The lowest BCUT2D eigenvalue weighted by atomic mass is 10.0. The van der Waals surface area contributed by atoms with E-state index in [1.807, 2.05) is 44.2 Å². The minimum absolute atomic E-state index is 0.0169. The number of primary amides is 1. The molecule has 4 amide bonds. The highest BCUT2D eigenvalue weighted by molar-refractivity contribution is 7.78. The lowest BCUT2D eigenvalue weighted by Crippen LogP contribution is -2.58. The smallest absolute Gasteiger partial charge is 0.243 e. The largest absolute Gasteiger partial charge is 0.393 e. The van der Waals surface area contributed by atoms with E-state index in [9.17, 15) is 19.2 Å². The van der Waals surface area contributed by atoms with E-state index in [4.69, 9.17) is 35.2 Å². The summed E-state index contributed by atoms with van der Waals surface area (Å²) in [4.78, 5) is 57.2. The number of benzene rings is 1. The molecule has 1 aromatic rings. The molecule has 0 aliphatic rings. The highest BCUT2D eigenvalue weighted by atomic mass is 32.1. The van der Waals surface area contributed by atoms with Crippen molar-refractivity contribution in [2.45, 2.75) is 89.0 Å². The molecule has 0 saturated carbocycles. The van der Waals surface area contributed by atoms with Gasteiger partial charge in [-0.05, 0) is 44.2 Å². The molecule has 4 unspecified atom stereocenters. The maximum absolute atomic E-state index is 13.9. The van der Waals surface area contributed by atoms with Gasteiger partial charge < -0.3 is 54.8 Å². The number of aliphatic imine (C=N–C) groups is 1. The first-order chi connectivity index (χ1) is 22.4. The average molecular weight is 676 g/mol. The number of hydrogen-bond acceptors (Lipinski definition) is 9. The maximum atomic E-state index is 13.9. The van der Waals surface area contributed by atoms with Crippen molar-refractivity contribution >= 4 is 47.3 Å². The van der Waals surface area contributed by atoms with E-state index in [0.29, 0.717) is 44.5 Å². The first-order valence-electron chi connectivity index (χ1n) is 15.7. The fourth-order valence-electron chi connectivity index (χ4n) is 4.69. The van der Waals surface area contributed by atoms with Gasteiger partial charge in [0.1, 0.15) is 18.1 Å². The third kappa shape index (κ3) is 17.3. The molecule has 0 heterocycles. The molecule has 0 radical (unpaired) electrons. The number of thiocarbonyl (C=S) groups is 1. The van der Waals surface area contributed by atoms with Crippen molar-refractivity contribution < 1.29 is 19.2 Å². The van der Waals surface area contributed by atoms with E-state index in [1.165, 1.54) is 5.49 Å². The predicted octanol–water partition coefficient (Wildman–Crippen LogP) is -1.28. The highest BCUT2D eigenvalue weighted by Gasteiger charge is 2.31. The summed E-state index contributed by atoms with van der Waals surface area (Å²) in [6, 6.07) is 5.27. The number of hydrogen-bond donors (Lipinski definition) is 10. The van der Waals surface area contributed by atoms with Crippen molar-refractivity contribution in [1.29, 1.82) is 0 Å². The minimum atomic E-state index is -1.11. The van der Waals surface area contributed by atoms with Crippen LogP contribution in [0.1, 0.15) is 57.9 Å². The fraction of sp³-hybridized carbons (Fsp3) is 0.548. The summed E-state index contributed by atoms with van der Waals surface area (Å²) in [6.45, 7) is 4.53. The van der Waals surface area contributed by atoms with Gasteiger partial charge in [0.05, 0.1) is 11.5 Å². The summed E-state index contributed by atoms with van der Waals surface area (Å²) in [7, 11) is 1.68. The Morgan fingerprint density at radius 1 is 0.851 bits per heavy atom. The van der Waals surface area contributed by atoms with Gasteiger partial charge in [0.2, 0.25) is 23.6 Å². The number of amides is 4. The molecule has 0 aromatic heterocycles. The number of guanidine groups is 1. The lowest BCUT2D eigenvalue weighted by Gasteiger charge is -2.27. The summed E-state index contributed by atoms with van der Waals surface area (Å²) in [5.41, 5.74) is 24.8. The van der Waals surface area contributed by atoms with E-state index in [2.05, 4.69) is 36.9 Å². The first-order valence-corrected chi connectivity index (χ1v) is 16.2. The van der Waals surface area contributed by atoms with Crippen molar-refractivity contribution in [3.63, 3.8) is 0 Å². The Labute approximate surface area is 282 Å². The van der Waals surface area contributed by atoms with Gasteiger partial charge in [0, 0.05) is 44.4 Å². The molecule has 0 fully saturated rings. The van der Waals surface area contributed by atoms with Crippen molar-refractivity contribution in [3.8, 4) is 0 Å². The Hall–Kier alpha value is -4.28. The molecule has 262 valence electrons. The zero-order chi connectivity index (χ0) is 35.2. The molecule has 1 rings (SSSR count). The Kier molecular flexibility index (Phi) is 20.0. The van der Waals surface area contributed by atoms with Crippen LogP contribution in [0.4, 0.5) is 0 Å². The van der Waals surface area contributed by atoms with E-state index in [0.717, 1.165) is 5.56 Å². The normalized spacial score (nSPS) is 13.8. The van der Waals surface area contributed by atoms with Crippen LogP contribution in [0.3, 0.4) is 0 Å². The summed E-state index contributed by atoms with van der Waals surface area (Å²) in [6.07, 6.45) is 4.09. The summed E-state index contributed by atoms with van der Waals surface area (Å²) >= 11 is 4.95. The molecule has 47 heavy (non-hydrogen) atoms. The van der Waals surface area contributed by atoms with Crippen LogP contribution in [0.5, 0.6) is 0 Å². The number of carbonyl (C=O) groups is 4. The van der Waals surface area contributed by atoms with Gasteiger partial charge in [-0.15, -0.1) is 0 Å². The molecule has 0 aliphatic carbocycles. The number of nitrogens with one attached hydrogen (secondary N) is 6. The standard InChI is InChI=1S/C31H53N11O4S/c1-20(2)39-23(13-9-15-37-31(34)35)28(44)42-26(17-22(18-36-3)38-19-47)30(46)40-24(12-7-8-14-32)29(45)41-25(27(33)43)16-21-10-5-4-6-11-21/h4-6,10-11,18-20,23-26,36,39H,7-9,12-17,32H2,1-3H3,(H2,33,43)(H,38,47)(H,40,46)(H,41,45)(H,42,44)(H4,34,35,37)/b22-18-. The van der Waals surface area contributed by atoms with Crippen LogP contribution in [-0.4, -0.2) is 85.4 Å². The third-order valence-corrected chi connectivity index (χ3v) is 7.06. The summed E-state index contributed by atoms with van der Waals surface area (Å²) in [5, 5.41) is 17.3. The summed E-state index contributed by atoms with van der Waals surface area (Å²) < 4.78 is 0. The molecule has 0 aliphatic heterocycles. The number of nitrogens with two attached hydrogens (primary N) is 4. The van der Waals surface area contributed by atoms with Gasteiger partial charge >= 0.3 is 0 Å². The number of rotatable bonds is 24. The zero-order valence-electron chi connectivity index (χ0n) is 27.6. The minimum Gasteiger partial charge on any atom is -0.393 e. The van der Waals surface area contributed by atoms with Gasteiger partial charge in [-0.3, -0.25) is 24.2 Å². The van der Waals surface area contributed by atoms with Gasteiger partial charge in [0.25, 0.3) is 0 Å². The van der Waals surface area contributed by atoms with Crippen molar-refractivity contribution in [1.82, 2.24) is 31.9 Å². The van der Waals surface area contributed by atoms with Crippen LogP contribution in [-0.2, 0) is 25.6 Å². The van der Waals surface area contributed by atoms with E-state index >= 15 is 0 Å². The monoisotopic (exact) mass is 675 g/mol. The topological polar surface area (TPSA) is 257 Å². The van der Waals surface area contributed by atoms with E-state index in [1.54, 1.807) is 13.2 Å². The van der Waals surface area contributed by atoms with Crippen LogP contribution in [0.25, 0.3) is 0 Å². The van der Waals surface area contributed by atoms with Gasteiger partial charge in [-0.2, -0.15) is 0 Å². The zero-order valence-corrected chi connectivity index (χ0v) is 28.4. The second-order valence-electron chi connectivity index (χ2n) is 11.3. The molecule has 0 saturated heterocycles. The van der Waals surface area contributed by atoms with E-state index in [-0.39, 0.29) is 31.3 Å². The third-order valence-electron chi connectivity index (χ3n) is 6.94. The van der Waals surface area contributed by atoms with Crippen LogP contribution in [0, 0.1) is 0 Å². The van der Waals surface area contributed by atoms with Gasteiger partial charge in [-0.25, -0.2) is 0 Å². The van der Waals surface area contributed by atoms with Gasteiger partial charge in [-0.1, -0.05) is 56.4 Å². The van der Waals surface area contributed by atoms with Gasteiger partial charge in [0.15, 0.2) is 5.96 Å². The van der Waals surface area contributed by atoms with Crippen LogP contribution < -0.4 is 54.8 Å². The molecule has 4 atom stereocenters. The molecule has 15 nitrogen and oxygen atoms in total. The summed E-state index contributed by atoms with van der Waals surface area (Å²) in [5.74, 6) is -2.36. The van der Waals surface area contributed by atoms with Crippen LogP contribution in [0.15, 0.2) is 47.2 Å². The average Bonchev–Trinajstić information content (AvgIpc) is 3.01. The fourth-order valence-corrected chi connectivity index (χ4v) is 4.84. The molecule has 16 heteroatoms. The predicted molar refractivity (Wildman–Crippen MR) is 189 cm³/mol. The number of nitrogens with zero attached hydrogens (tertiary/aromatic N) is 1. The Balaban J connectivity index is 3.28. The van der Waals surface area contributed by atoms with Crippen molar-refractivity contribution in [2.75, 3.05) is 20.1 Å². The molecule has 0 bridgehead atoms. The SMILES string of the molecule is CN/C=C(/CC(NC(=O)C(CCCN=C(N)N)NC(C)C)C(=O)NC(CCCCN)C(=O)NC(Cc1ccccc1)C(N)=O)NC=S. The first kappa shape index (κ1) is 40.7. The number of carbonyl (C=O) groups excluding carboxylic acids is 4. The molecule has 0 spiro atoms. The Morgan fingerprint density at radius 2 is 1.45 bits per heavy atom. The molecule has 1 aromatic carbocycles. The lowest BCUT2D eigenvalue weighted by molar-refractivity contribution is -0.133. The van der Waals surface area contributed by atoms with E-state index < -0.39 is 47.8 Å². The van der Waals surface area contributed by atoms with Crippen LogP contribution in [0.2, 0.25) is 0 Å². The van der Waals surface area contributed by atoms with Crippen molar-refractivity contribution in [2.24, 2.45) is 27.9 Å². The van der Waals surface area contributed by atoms with Crippen LogP contribution >= 0.6 is 12.2 Å². The maximum Gasteiger partial charge on any atom is 0.243 e. The quantitative estimate of drug-likeness (QED) is 0.0267. The number of unbranched alkanes of at least 4 members (excludes halogenated alkanes) is 1. The Morgan fingerprint density at radius 3 is 2.02 bits per heavy atom. The van der Waals surface area contributed by atoms with Crippen molar-refractivity contribution in [3.05, 3.63) is 47.8 Å². The highest BCUT2D eigenvalue weighted by Crippen LogP contribution is 2.10.